The minimum Gasteiger partial charge on any atom is -0.330 e. The van der Waals surface area contributed by atoms with Crippen molar-refractivity contribution in [2.24, 2.45) is 11.7 Å². The fourth-order valence-electron chi connectivity index (χ4n) is 2.26. The van der Waals surface area contributed by atoms with Gasteiger partial charge in [-0.15, -0.1) is 0 Å². The second kappa shape index (κ2) is 6.07. The molecule has 1 rings (SSSR count). The van der Waals surface area contributed by atoms with Crippen molar-refractivity contribution in [2.75, 3.05) is 20.6 Å². The standard InChI is InChI=1S/C13H20F2N2/c1-9(6-7-16)13(17(2)3)11-5-4-10(14)8-12(11)15/h4-5,8-9,13H,6-7,16H2,1-3H3. The monoisotopic (exact) mass is 242 g/mol. The van der Waals surface area contributed by atoms with Crippen LogP contribution in [0.4, 0.5) is 8.78 Å². The van der Waals surface area contributed by atoms with Gasteiger partial charge in [0.25, 0.3) is 0 Å². The fourth-order valence-corrected chi connectivity index (χ4v) is 2.26. The first-order valence-corrected chi connectivity index (χ1v) is 5.78. The Hall–Kier alpha value is -1.00. The second-order valence-electron chi connectivity index (χ2n) is 4.63. The number of halogens is 2. The normalized spacial score (nSPS) is 15.0. The van der Waals surface area contributed by atoms with E-state index in [0.29, 0.717) is 12.1 Å². The Kier molecular flexibility index (Phi) is 5.02. The summed E-state index contributed by atoms with van der Waals surface area (Å²) in [6, 6.07) is 3.66. The molecule has 0 aliphatic heterocycles. The molecule has 0 bridgehead atoms. The molecule has 0 aromatic heterocycles. The molecule has 0 aliphatic rings. The summed E-state index contributed by atoms with van der Waals surface area (Å²) < 4.78 is 26.7. The number of nitrogens with zero attached hydrogens (tertiary/aromatic N) is 1. The Labute approximate surface area is 101 Å². The highest BCUT2D eigenvalue weighted by molar-refractivity contribution is 5.22. The summed E-state index contributed by atoms with van der Waals surface area (Å²) in [5.41, 5.74) is 6.06. The zero-order chi connectivity index (χ0) is 13.0. The van der Waals surface area contributed by atoms with Crippen LogP contribution >= 0.6 is 0 Å². The van der Waals surface area contributed by atoms with Gasteiger partial charge in [0.1, 0.15) is 11.6 Å². The molecule has 96 valence electrons. The second-order valence-corrected chi connectivity index (χ2v) is 4.63. The summed E-state index contributed by atoms with van der Waals surface area (Å²) in [4.78, 5) is 1.94. The fraction of sp³-hybridized carbons (Fsp3) is 0.538. The van der Waals surface area contributed by atoms with Gasteiger partial charge in [-0.1, -0.05) is 13.0 Å². The van der Waals surface area contributed by atoms with E-state index in [2.05, 4.69) is 0 Å². The van der Waals surface area contributed by atoms with Crippen molar-refractivity contribution in [1.29, 1.82) is 0 Å². The quantitative estimate of drug-likeness (QED) is 0.859. The Morgan fingerprint density at radius 2 is 1.94 bits per heavy atom. The van der Waals surface area contributed by atoms with E-state index < -0.39 is 11.6 Å². The zero-order valence-corrected chi connectivity index (χ0v) is 10.6. The molecular formula is C13H20F2N2. The van der Waals surface area contributed by atoms with Crippen LogP contribution in [0.5, 0.6) is 0 Å². The molecule has 1 aromatic rings. The maximum absolute atomic E-state index is 13.8. The number of nitrogens with two attached hydrogens (primary N) is 1. The summed E-state index contributed by atoms with van der Waals surface area (Å²) in [6.45, 7) is 2.59. The summed E-state index contributed by atoms with van der Waals surface area (Å²) >= 11 is 0. The summed E-state index contributed by atoms with van der Waals surface area (Å²) in [7, 11) is 3.78. The summed E-state index contributed by atoms with van der Waals surface area (Å²) in [5, 5.41) is 0. The molecule has 2 nitrogen and oxygen atoms in total. The smallest absolute Gasteiger partial charge is 0.130 e. The lowest BCUT2D eigenvalue weighted by Gasteiger charge is -2.30. The molecule has 0 amide bonds. The maximum atomic E-state index is 13.8. The van der Waals surface area contributed by atoms with E-state index in [1.807, 2.05) is 25.9 Å². The molecule has 1 aromatic carbocycles. The van der Waals surface area contributed by atoms with Crippen molar-refractivity contribution in [1.82, 2.24) is 4.90 Å². The van der Waals surface area contributed by atoms with Gasteiger partial charge in [-0.3, -0.25) is 0 Å². The molecule has 17 heavy (non-hydrogen) atoms. The van der Waals surface area contributed by atoms with Crippen LogP contribution in [0.1, 0.15) is 24.9 Å². The van der Waals surface area contributed by atoms with Gasteiger partial charge >= 0.3 is 0 Å². The lowest BCUT2D eigenvalue weighted by Crippen LogP contribution is -2.28. The zero-order valence-electron chi connectivity index (χ0n) is 10.6. The Morgan fingerprint density at radius 3 is 2.41 bits per heavy atom. The number of rotatable bonds is 5. The van der Waals surface area contributed by atoms with Gasteiger partial charge in [0, 0.05) is 17.7 Å². The van der Waals surface area contributed by atoms with E-state index in [4.69, 9.17) is 5.73 Å². The van der Waals surface area contributed by atoms with Gasteiger partial charge < -0.3 is 10.6 Å². The van der Waals surface area contributed by atoms with Crippen LogP contribution in [-0.2, 0) is 0 Å². The van der Waals surface area contributed by atoms with E-state index in [9.17, 15) is 8.78 Å². The van der Waals surface area contributed by atoms with Crippen LogP contribution < -0.4 is 5.73 Å². The van der Waals surface area contributed by atoms with Crippen molar-refractivity contribution in [3.8, 4) is 0 Å². The van der Waals surface area contributed by atoms with E-state index in [0.717, 1.165) is 12.5 Å². The molecule has 0 heterocycles. The van der Waals surface area contributed by atoms with Gasteiger partial charge in [-0.2, -0.15) is 0 Å². The molecule has 0 spiro atoms. The lowest BCUT2D eigenvalue weighted by atomic mass is 9.90. The predicted molar refractivity (Wildman–Crippen MR) is 65.6 cm³/mol. The SMILES string of the molecule is CC(CCN)C(c1ccc(F)cc1F)N(C)C. The highest BCUT2D eigenvalue weighted by atomic mass is 19.1. The van der Waals surface area contributed by atoms with Crippen LogP contribution in [0.25, 0.3) is 0 Å². The summed E-state index contributed by atoms with van der Waals surface area (Å²) in [5.74, 6) is -0.822. The van der Waals surface area contributed by atoms with Gasteiger partial charge in [-0.25, -0.2) is 8.78 Å². The van der Waals surface area contributed by atoms with Crippen molar-refractivity contribution in [3.63, 3.8) is 0 Å². The van der Waals surface area contributed by atoms with Gasteiger partial charge in [0.2, 0.25) is 0 Å². The Bertz CT molecular complexity index is 366. The molecule has 2 unspecified atom stereocenters. The third kappa shape index (κ3) is 3.48. The van der Waals surface area contributed by atoms with Crippen LogP contribution in [0.3, 0.4) is 0 Å². The van der Waals surface area contributed by atoms with E-state index in [-0.39, 0.29) is 12.0 Å². The van der Waals surface area contributed by atoms with Crippen molar-refractivity contribution < 1.29 is 8.78 Å². The molecule has 0 radical (unpaired) electrons. The van der Waals surface area contributed by atoms with Crippen molar-refractivity contribution in [2.45, 2.75) is 19.4 Å². The molecule has 0 aliphatic carbocycles. The van der Waals surface area contributed by atoms with Crippen LogP contribution in [-0.4, -0.2) is 25.5 Å². The molecule has 0 saturated heterocycles. The number of hydrogen-bond acceptors (Lipinski definition) is 2. The molecule has 2 atom stereocenters. The lowest BCUT2D eigenvalue weighted by molar-refractivity contribution is 0.211. The number of benzene rings is 1. The van der Waals surface area contributed by atoms with E-state index in [1.54, 1.807) is 0 Å². The first kappa shape index (κ1) is 14.1. The van der Waals surface area contributed by atoms with Crippen LogP contribution in [0.2, 0.25) is 0 Å². The van der Waals surface area contributed by atoms with E-state index >= 15 is 0 Å². The van der Waals surface area contributed by atoms with Crippen molar-refractivity contribution >= 4 is 0 Å². The third-order valence-electron chi connectivity index (χ3n) is 3.00. The Morgan fingerprint density at radius 1 is 1.29 bits per heavy atom. The Balaban J connectivity index is 3.05. The molecule has 2 N–H and O–H groups in total. The van der Waals surface area contributed by atoms with Gasteiger partial charge in [-0.05, 0) is 39.0 Å². The average Bonchev–Trinajstić information content (AvgIpc) is 2.21. The third-order valence-corrected chi connectivity index (χ3v) is 3.00. The molecule has 0 fully saturated rings. The van der Waals surface area contributed by atoms with Gasteiger partial charge in [0.05, 0.1) is 0 Å². The highest BCUT2D eigenvalue weighted by Crippen LogP contribution is 2.30. The predicted octanol–water partition coefficient (Wildman–Crippen LogP) is 2.55. The first-order chi connectivity index (χ1) is 7.97. The topological polar surface area (TPSA) is 29.3 Å². The molecular weight excluding hydrogens is 222 g/mol. The first-order valence-electron chi connectivity index (χ1n) is 5.78. The minimum absolute atomic E-state index is 0.0841. The molecule has 4 heteroatoms. The van der Waals surface area contributed by atoms with Crippen LogP contribution in [0, 0.1) is 17.6 Å². The van der Waals surface area contributed by atoms with Gasteiger partial charge in [0.15, 0.2) is 0 Å². The minimum atomic E-state index is -0.546. The van der Waals surface area contributed by atoms with Crippen LogP contribution in [0.15, 0.2) is 18.2 Å². The average molecular weight is 242 g/mol. The number of hydrogen-bond donors (Lipinski definition) is 1. The summed E-state index contributed by atoms with van der Waals surface area (Å²) in [6.07, 6.45) is 0.805. The van der Waals surface area contributed by atoms with Crippen molar-refractivity contribution in [3.05, 3.63) is 35.4 Å². The maximum Gasteiger partial charge on any atom is 0.130 e. The largest absolute Gasteiger partial charge is 0.330 e. The molecule has 0 saturated carbocycles. The highest BCUT2D eigenvalue weighted by Gasteiger charge is 2.24. The van der Waals surface area contributed by atoms with E-state index in [1.165, 1.54) is 12.1 Å².